The van der Waals surface area contributed by atoms with Gasteiger partial charge in [-0.05, 0) is 50.6 Å². The maximum absolute atomic E-state index is 11.9. The van der Waals surface area contributed by atoms with E-state index in [0.29, 0.717) is 11.3 Å². The molecule has 0 saturated heterocycles. The maximum atomic E-state index is 11.9. The average molecular weight is 300 g/mol. The first kappa shape index (κ1) is 15.9. The van der Waals surface area contributed by atoms with Crippen LogP contribution in [0, 0.1) is 5.41 Å². The summed E-state index contributed by atoms with van der Waals surface area (Å²) in [6.45, 7) is 5.34. The van der Waals surface area contributed by atoms with Gasteiger partial charge in [0.05, 0.1) is 12.5 Å². The number of phenols is 1. The van der Waals surface area contributed by atoms with Crippen molar-refractivity contribution < 1.29 is 19.4 Å². The Morgan fingerprint density at radius 3 is 2.09 bits per heavy atom. The van der Waals surface area contributed by atoms with Crippen LogP contribution in [0.1, 0.15) is 20.8 Å². The van der Waals surface area contributed by atoms with Crippen molar-refractivity contribution >= 4 is 5.97 Å². The lowest BCUT2D eigenvalue weighted by Gasteiger charge is -2.16. The number of phenolic OH excluding ortho intramolecular Hbond substituents is 1. The van der Waals surface area contributed by atoms with Gasteiger partial charge in [-0.15, -0.1) is 0 Å². The van der Waals surface area contributed by atoms with Crippen LogP contribution in [0.25, 0.3) is 11.1 Å². The minimum absolute atomic E-state index is 0.0596. The molecule has 116 valence electrons. The highest BCUT2D eigenvalue weighted by Gasteiger charge is 2.24. The number of ether oxygens (including phenoxy) is 2. The van der Waals surface area contributed by atoms with E-state index < -0.39 is 5.41 Å². The van der Waals surface area contributed by atoms with E-state index in [1.807, 2.05) is 24.3 Å². The Morgan fingerprint density at radius 2 is 1.59 bits per heavy atom. The Labute approximate surface area is 130 Å². The van der Waals surface area contributed by atoms with E-state index in [0.717, 1.165) is 11.3 Å². The summed E-state index contributed by atoms with van der Waals surface area (Å²) in [6, 6.07) is 12.2. The summed E-state index contributed by atoms with van der Waals surface area (Å²) in [5.74, 6) is 0.794. The molecule has 22 heavy (non-hydrogen) atoms. The van der Waals surface area contributed by atoms with Crippen LogP contribution in [-0.4, -0.2) is 18.2 Å². The van der Waals surface area contributed by atoms with Crippen LogP contribution >= 0.6 is 0 Å². The quantitative estimate of drug-likeness (QED) is 0.687. The third-order valence-electron chi connectivity index (χ3n) is 3.19. The first-order valence-corrected chi connectivity index (χ1v) is 7.01. The highest BCUT2D eigenvalue weighted by molar-refractivity contribution is 5.79. The second-order valence-electron chi connectivity index (χ2n) is 6.05. The van der Waals surface area contributed by atoms with E-state index in [9.17, 15) is 9.90 Å². The summed E-state index contributed by atoms with van der Waals surface area (Å²) in [6.07, 6.45) is 0. The summed E-state index contributed by atoms with van der Waals surface area (Å²) < 4.78 is 10.4. The van der Waals surface area contributed by atoms with Gasteiger partial charge in [0.25, 0.3) is 0 Å². The van der Waals surface area contributed by atoms with Gasteiger partial charge in [-0.3, -0.25) is 4.79 Å². The number of hydrogen-bond donors (Lipinski definition) is 1. The molecule has 0 aliphatic carbocycles. The average Bonchev–Trinajstić information content (AvgIpc) is 2.46. The van der Waals surface area contributed by atoms with Gasteiger partial charge in [-0.2, -0.15) is 0 Å². The number of rotatable bonds is 3. The number of carbonyl (C=O) groups excluding carboxylic acids is 1. The topological polar surface area (TPSA) is 55.8 Å². The fourth-order valence-corrected chi connectivity index (χ4v) is 1.85. The van der Waals surface area contributed by atoms with Crippen LogP contribution in [0.4, 0.5) is 0 Å². The zero-order valence-electron chi connectivity index (χ0n) is 13.2. The first-order chi connectivity index (χ1) is 10.3. The molecule has 0 fully saturated rings. The van der Waals surface area contributed by atoms with Gasteiger partial charge in [-0.25, -0.2) is 0 Å². The zero-order chi connectivity index (χ0) is 16.3. The van der Waals surface area contributed by atoms with E-state index >= 15 is 0 Å². The fraction of sp³-hybridized carbons (Fsp3) is 0.278. The molecule has 0 aromatic heterocycles. The van der Waals surface area contributed by atoms with Gasteiger partial charge in [-0.1, -0.05) is 12.1 Å². The maximum Gasteiger partial charge on any atom is 0.316 e. The Bertz CT molecular complexity index is 666. The molecule has 0 heterocycles. The monoisotopic (exact) mass is 300 g/mol. The van der Waals surface area contributed by atoms with Crippen LogP contribution < -0.4 is 9.47 Å². The summed E-state index contributed by atoms with van der Waals surface area (Å²) in [4.78, 5) is 11.9. The second-order valence-corrected chi connectivity index (χ2v) is 6.05. The summed E-state index contributed by atoms with van der Waals surface area (Å²) in [7, 11) is 1.60. The van der Waals surface area contributed by atoms with E-state index in [4.69, 9.17) is 9.47 Å². The Hall–Kier alpha value is -2.49. The van der Waals surface area contributed by atoms with Crippen molar-refractivity contribution in [2.45, 2.75) is 20.8 Å². The van der Waals surface area contributed by atoms with Crippen molar-refractivity contribution in [1.82, 2.24) is 0 Å². The molecule has 2 aromatic rings. The summed E-state index contributed by atoms with van der Waals surface area (Å²) in [5.41, 5.74) is 0.926. The lowest BCUT2D eigenvalue weighted by Crippen LogP contribution is -2.25. The minimum atomic E-state index is -0.593. The highest BCUT2D eigenvalue weighted by atomic mass is 16.5. The second kappa shape index (κ2) is 6.10. The van der Waals surface area contributed by atoms with E-state index in [1.165, 1.54) is 6.07 Å². The number of esters is 1. The van der Waals surface area contributed by atoms with Crippen molar-refractivity contribution in [3.8, 4) is 28.4 Å². The molecule has 0 spiro atoms. The fourth-order valence-electron chi connectivity index (χ4n) is 1.85. The van der Waals surface area contributed by atoms with Crippen molar-refractivity contribution in [3.05, 3.63) is 42.5 Å². The number of aromatic hydroxyl groups is 1. The van der Waals surface area contributed by atoms with Crippen molar-refractivity contribution in [3.63, 3.8) is 0 Å². The molecule has 2 rings (SSSR count). The van der Waals surface area contributed by atoms with Gasteiger partial charge in [0, 0.05) is 11.6 Å². The molecule has 0 amide bonds. The van der Waals surface area contributed by atoms with Crippen LogP contribution in [-0.2, 0) is 4.79 Å². The van der Waals surface area contributed by atoms with Crippen LogP contribution in [0.2, 0.25) is 0 Å². The van der Waals surface area contributed by atoms with Crippen molar-refractivity contribution in [2.24, 2.45) is 5.41 Å². The number of hydrogen-bond acceptors (Lipinski definition) is 4. The first-order valence-electron chi connectivity index (χ1n) is 7.01. The van der Waals surface area contributed by atoms with Crippen LogP contribution in [0.5, 0.6) is 17.2 Å². The molecule has 0 unspecified atom stereocenters. The van der Waals surface area contributed by atoms with Gasteiger partial charge in [0.1, 0.15) is 17.2 Å². The number of carbonyl (C=O) groups is 1. The molecule has 0 aliphatic heterocycles. The molecule has 4 heteroatoms. The van der Waals surface area contributed by atoms with Gasteiger partial charge >= 0.3 is 5.97 Å². The molecular formula is C18H20O4. The van der Waals surface area contributed by atoms with Gasteiger partial charge < -0.3 is 14.6 Å². The lowest BCUT2D eigenvalue weighted by molar-refractivity contribution is -0.142. The molecule has 0 saturated carbocycles. The molecule has 2 aromatic carbocycles. The third-order valence-corrected chi connectivity index (χ3v) is 3.19. The normalized spacial score (nSPS) is 11.1. The molecule has 0 atom stereocenters. The van der Waals surface area contributed by atoms with Gasteiger partial charge in [0.2, 0.25) is 0 Å². The minimum Gasteiger partial charge on any atom is -0.507 e. The smallest absolute Gasteiger partial charge is 0.316 e. The van der Waals surface area contributed by atoms with Crippen LogP contribution in [0.15, 0.2) is 42.5 Å². The summed E-state index contributed by atoms with van der Waals surface area (Å²) >= 11 is 0. The Balaban J connectivity index is 2.24. The predicted molar refractivity (Wildman–Crippen MR) is 85.2 cm³/mol. The lowest BCUT2D eigenvalue weighted by atomic mass is 9.97. The van der Waals surface area contributed by atoms with E-state index in [2.05, 4.69) is 0 Å². The Morgan fingerprint density at radius 1 is 1.00 bits per heavy atom. The van der Waals surface area contributed by atoms with Gasteiger partial charge in [0.15, 0.2) is 0 Å². The molecule has 4 nitrogen and oxygen atoms in total. The molecule has 0 aliphatic rings. The van der Waals surface area contributed by atoms with E-state index in [1.54, 1.807) is 40.0 Å². The zero-order valence-corrected chi connectivity index (χ0v) is 13.2. The molecule has 0 bridgehead atoms. The highest BCUT2D eigenvalue weighted by Crippen LogP contribution is 2.33. The number of methoxy groups -OCH3 is 1. The SMILES string of the molecule is COc1ccc(-c2ccc(OC(=O)C(C)(C)C)cc2O)cc1. The standard InChI is InChI=1S/C18H20O4/c1-18(2,3)17(20)22-14-9-10-15(16(19)11-14)12-5-7-13(21-4)8-6-12/h5-11,19H,1-4H3. The van der Waals surface area contributed by atoms with Crippen molar-refractivity contribution in [1.29, 1.82) is 0 Å². The Kier molecular flexibility index (Phi) is 4.40. The molecular weight excluding hydrogens is 280 g/mol. The van der Waals surface area contributed by atoms with Crippen LogP contribution in [0.3, 0.4) is 0 Å². The summed E-state index contributed by atoms with van der Waals surface area (Å²) in [5, 5.41) is 10.2. The molecule has 1 N–H and O–H groups in total. The third kappa shape index (κ3) is 3.58. The van der Waals surface area contributed by atoms with E-state index in [-0.39, 0.29) is 11.7 Å². The number of benzene rings is 2. The predicted octanol–water partition coefficient (Wildman–Crippen LogP) is 4.02. The van der Waals surface area contributed by atoms with Crippen molar-refractivity contribution in [2.75, 3.05) is 7.11 Å². The largest absolute Gasteiger partial charge is 0.507 e. The molecule has 0 radical (unpaired) electrons.